The van der Waals surface area contributed by atoms with E-state index in [9.17, 15) is 24.6 Å². The fraction of sp³-hybridized carbons (Fsp3) is 0.400. The molecule has 1 saturated carbocycles. The average Bonchev–Trinajstić information content (AvgIpc) is 2.49. The molecule has 1 fully saturated rings. The summed E-state index contributed by atoms with van der Waals surface area (Å²) in [7, 11) is 0. The van der Waals surface area contributed by atoms with Crippen molar-refractivity contribution in [1.82, 2.24) is 0 Å². The number of hydrogen-bond acceptors (Lipinski definition) is 5. The molecule has 8 nitrogen and oxygen atoms in total. The maximum atomic E-state index is 11.5. The highest BCUT2D eigenvalue weighted by Gasteiger charge is 2.26. The largest absolute Gasteiger partial charge is 0.478 e. The third kappa shape index (κ3) is 3.98. The van der Waals surface area contributed by atoms with Crippen LogP contribution < -0.4 is 10.6 Å². The third-order valence-electron chi connectivity index (χ3n) is 3.79. The molecule has 0 spiro atoms. The van der Waals surface area contributed by atoms with E-state index < -0.39 is 23.9 Å². The molecular weight excluding hydrogens is 304 g/mol. The SMILES string of the molecule is O=C(O)C(=O)Nc1cccc(NC2CCCCC2O)c1C(=O)O. The molecule has 2 atom stereocenters. The van der Waals surface area contributed by atoms with Gasteiger partial charge in [-0.2, -0.15) is 0 Å². The van der Waals surface area contributed by atoms with Crippen molar-refractivity contribution in [2.75, 3.05) is 10.6 Å². The highest BCUT2D eigenvalue weighted by atomic mass is 16.4. The monoisotopic (exact) mass is 322 g/mol. The molecule has 1 aliphatic carbocycles. The lowest BCUT2D eigenvalue weighted by Gasteiger charge is -2.30. The summed E-state index contributed by atoms with van der Waals surface area (Å²) >= 11 is 0. The second-order valence-corrected chi connectivity index (χ2v) is 5.40. The molecule has 0 saturated heterocycles. The van der Waals surface area contributed by atoms with E-state index in [0.717, 1.165) is 12.8 Å². The molecule has 0 aliphatic heterocycles. The van der Waals surface area contributed by atoms with Crippen molar-refractivity contribution in [2.45, 2.75) is 37.8 Å². The first-order valence-electron chi connectivity index (χ1n) is 7.25. The standard InChI is InChI=1S/C15H18N2O6/c18-11-7-2-1-4-8(11)16-9-5-3-6-10(12(9)14(20)21)17-13(19)15(22)23/h3,5-6,8,11,16,18H,1-2,4,7H2,(H,17,19)(H,20,21)(H,22,23). The summed E-state index contributed by atoms with van der Waals surface area (Å²) in [5.74, 6) is -4.33. The van der Waals surface area contributed by atoms with Gasteiger partial charge in [0, 0.05) is 0 Å². The summed E-state index contributed by atoms with van der Waals surface area (Å²) in [6.07, 6.45) is 2.59. The van der Waals surface area contributed by atoms with Gasteiger partial charge in [0.2, 0.25) is 0 Å². The number of carbonyl (C=O) groups excluding carboxylic acids is 1. The second kappa shape index (κ2) is 7.10. The smallest absolute Gasteiger partial charge is 0.394 e. The molecule has 0 bridgehead atoms. The Morgan fingerprint density at radius 2 is 1.70 bits per heavy atom. The number of carboxylic acid groups (broad SMARTS) is 2. The average molecular weight is 322 g/mol. The Hall–Kier alpha value is -2.61. The zero-order valence-electron chi connectivity index (χ0n) is 12.3. The minimum atomic E-state index is -1.71. The van der Waals surface area contributed by atoms with E-state index in [4.69, 9.17) is 5.11 Å². The molecule has 124 valence electrons. The Kier molecular flexibility index (Phi) is 5.17. The van der Waals surface area contributed by atoms with E-state index in [1.165, 1.54) is 18.2 Å². The van der Waals surface area contributed by atoms with Gasteiger partial charge in [-0.05, 0) is 25.0 Å². The van der Waals surface area contributed by atoms with Gasteiger partial charge in [0.05, 0.1) is 23.5 Å². The molecule has 1 amide bonds. The number of rotatable bonds is 4. The van der Waals surface area contributed by atoms with Gasteiger partial charge in [0.15, 0.2) is 0 Å². The van der Waals surface area contributed by atoms with E-state index in [0.29, 0.717) is 12.8 Å². The van der Waals surface area contributed by atoms with Crippen molar-refractivity contribution >= 4 is 29.2 Å². The predicted molar refractivity (Wildman–Crippen MR) is 81.6 cm³/mol. The zero-order chi connectivity index (χ0) is 17.0. The van der Waals surface area contributed by atoms with Gasteiger partial charge in [-0.25, -0.2) is 9.59 Å². The highest BCUT2D eigenvalue weighted by molar-refractivity contribution is 6.37. The lowest BCUT2D eigenvalue weighted by Crippen LogP contribution is -2.36. The summed E-state index contributed by atoms with van der Waals surface area (Å²) in [4.78, 5) is 33.4. The predicted octanol–water partition coefficient (Wildman–Crippen LogP) is 1.12. The van der Waals surface area contributed by atoms with Crippen molar-refractivity contribution in [1.29, 1.82) is 0 Å². The van der Waals surface area contributed by atoms with Gasteiger partial charge in [0.1, 0.15) is 5.56 Å². The van der Waals surface area contributed by atoms with Gasteiger partial charge in [0.25, 0.3) is 0 Å². The number of aliphatic hydroxyl groups excluding tert-OH is 1. The molecule has 1 aromatic carbocycles. The summed E-state index contributed by atoms with van der Waals surface area (Å²) in [5.41, 5.74) is -0.119. The van der Waals surface area contributed by atoms with Crippen LogP contribution in [0.25, 0.3) is 0 Å². The second-order valence-electron chi connectivity index (χ2n) is 5.40. The van der Waals surface area contributed by atoms with Crippen LogP contribution in [0.2, 0.25) is 0 Å². The van der Waals surface area contributed by atoms with Gasteiger partial charge >= 0.3 is 17.8 Å². The van der Waals surface area contributed by atoms with Crippen LogP contribution in [0.3, 0.4) is 0 Å². The third-order valence-corrected chi connectivity index (χ3v) is 3.79. The van der Waals surface area contributed by atoms with Gasteiger partial charge in [-0.15, -0.1) is 0 Å². The number of carboxylic acids is 2. The fourth-order valence-electron chi connectivity index (χ4n) is 2.66. The number of nitrogens with one attached hydrogen (secondary N) is 2. The maximum Gasteiger partial charge on any atom is 0.394 e. The van der Waals surface area contributed by atoms with Crippen molar-refractivity contribution in [2.24, 2.45) is 0 Å². The molecule has 2 unspecified atom stereocenters. The molecule has 0 radical (unpaired) electrons. The molecule has 1 aromatic rings. The van der Waals surface area contributed by atoms with Crippen molar-refractivity contribution in [3.63, 3.8) is 0 Å². The summed E-state index contributed by atoms with van der Waals surface area (Å²) in [5, 5.41) is 33.1. The van der Waals surface area contributed by atoms with Gasteiger partial charge in [-0.1, -0.05) is 18.9 Å². The molecule has 5 N–H and O–H groups in total. The minimum Gasteiger partial charge on any atom is -0.478 e. The number of aliphatic hydroxyl groups is 1. The van der Waals surface area contributed by atoms with Crippen LogP contribution in [0, 0.1) is 0 Å². The van der Waals surface area contributed by atoms with E-state index in [1.807, 2.05) is 0 Å². The van der Waals surface area contributed by atoms with Gasteiger partial charge in [-0.3, -0.25) is 4.79 Å². The highest BCUT2D eigenvalue weighted by Crippen LogP contribution is 2.28. The Bertz CT molecular complexity index is 630. The summed E-state index contributed by atoms with van der Waals surface area (Å²) < 4.78 is 0. The van der Waals surface area contributed by atoms with E-state index in [1.54, 1.807) is 0 Å². The van der Waals surface area contributed by atoms with Crippen molar-refractivity contribution in [3.8, 4) is 0 Å². The van der Waals surface area contributed by atoms with Crippen LogP contribution in [0.1, 0.15) is 36.0 Å². The Balaban J connectivity index is 2.30. The van der Waals surface area contributed by atoms with E-state index in [-0.39, 0.29) is 23.0 Å². The molecule has 0 heterocycles. The van der Waals surface area contributed by atoms with E-state index in [2.05, 4.69) is 10.6 Å². The van der Waals surface area contributed by atoms with Crippen LogP contribution >= 0.6 is 0 Å². The number of anilines is 2. The zero-order valence-corrected chi connectivity index (χ0v) is 12.3. The fourth-order valence-corrected chi connectivity index (χ4v) is 2.66. The minimum absolute atomic E-state index is 0.111. The van der Waals surface area contributed by atoms with Crippen molar-refractivity contribution in [3.05, 3.63) is 23.8 Å². The molecule has 1 aliphatic rings. The topological polar surface area (TPSA) is 136 Å². The molecule has 23 heavy (non-hydrogen) atoms. The molecule has 8 heteroatoms. The van der Waals surface area contributed by atoms with Gasteiger partial charge < -0.3 is 26.0 Å². The normalized spacial score (nSPS) is 20.6. The number of aliphatic carboxylic acids is 1. The first kappa shape index (κ1) is 16.8. The Morgan fingerprint density at radius 1 is 1.04 bits per heavy atom. The Morgan fingerprint density at radius 3 is 2.30 bits per heavy atom. The lowest BCUT2D eigenvalue weighted by atomic mass is 9.92. The maximum absolute atomic E-state index is 11.5. The summed E-state index contributed by atoms with van der Waals surface area (Å²) in [6.45, 7) is 0. The van der Waals surface area contributed by atoms with Crippen LogP contribution in [0.4, 0.5) is 11.4 Å². The van der Waals surface area contributed by atoms with Crippen LogP contribution in [-0.2, 0) is 9.59 Å². The number of benzene rings is 1. The molecular formula is C15H18N2O6. The van der Waals surface area contributed by atoms with Crippen LogP contribution in [0.15, 0.2) is 18.2 Å². The Labute approximate surface area is 132 Å². The number of amides is 1. The quantitative estimate of drug-likeness (QED) is 0.524. The van der Waals surface area contributed by atoms with Crippen LogP contribution in [0.5, 0.6) is 0 Å². The molecule has 0 aromatic heterocycles. The lowest BCUT2D eigenvalue weighted by molar-refractivity contribution is -0.147. The first-order valence-corrected chi connectivity index (χ1v) is 7.25. The summed E-state index contributed by atoms with van der Waals surface area (Å²) in [6, 6.07) is 4.04. The number of hydrogen-bond donors (Lipinski definition) is 5. The van der Waals surface area contributed by atoms with Crippen molar-refractivity contribution < 1.29 is 29.7 Å². The number of aromatic carboxylic acids is 1. The van der Waals surface area contributed by atoms with Crippen LogP contribution in [-0.4, -0.2) is 45.3 Å². The first-order chi connectivity index (χ1) is 10.9. The molecule has 2 rings (SSSR count). The van der Waals surface area contributed by atoms with E-state index >= 15 is 0 Å². The number of carbonyl (C=O) groups is 3.